The Hall–Kier alpha value is -1.28. The van der Waals surface area contributed by atoms with E-state index in [-0.39, 0.29) is 5.41 Å². The van der Waals surface area contributed by atoms with Gasteiger partial charge in [0, 0.05) is 35.6 Å². The minimum atomic E-state index is 0.275. The highest BCUT2D eigenvalue weighted by atomic mass is 15.0. The predicted octanol–water partition coefficient (Wildman–Crippen LogP) is 2.79. The lowest BCUT2D eigenvalue weighted by molar-refractivity contribution is 0.697. The Labute approximate surface area is 102 Å². The van der Waals surface area contributed by atoms with Crippen molar-refractivity contribution in [2.45, 2.75) is 32.1 Å². The Kier molecular flexibility index (Phi) is 2.14. The monoisotopic (exact) mass is 228 g/mol. The summed E-state index contributed by atoms with van der Waals surface area (Å²) in [6, 6.07) is 6.73. The number of nitrogens with zero attached hydrogens (tertiary/aromatic N) is 1. The molecule has 2 heteroatoms. The van der Waals surface area contributed by atoms with Gasteiger partial charge in [-0.05, 0) is 44.4 Å². The number of aryl methyl sites for hydroxylation is 2. The van der Waals surface area contributed by atoms with Gasteiger partial charge in [0.1, 0.15) is 0 Å². The van der Waals surface area contributed by atoms with Gasteiger partial charge in [0.2, 0.25) is 0 Å². The number of benzene rings is 1. The molecule has 90 valence electrons. The van der Waals surface area contributed by atoms with Crippen LogP contribution in [0, 0.1) is 13.8 Å². The summed E-state index contributed by atoms with van der Waals surface area (Å²) >= 11 is 0. The highest BCUT2D eigenvalue weighted by molar-refractivity contribution is 5.88. The van der Waals surface area contributed by atoms with Crippen LogP contribution in [-0.4, -0.2) is 11.1 Å². The van der Waals surface area contributed by atoms with E-state index < -0.39 is 0 Å². The van der Waals surface area contributed by atoms with E-state index in [1.807, 2.05) is 0 Å². The first kappa shape index (κ1) is 10.8. The van der Waals surface area contributed by atoms with Crippen molar-refractivity contribution in [3.8, 4) is 0 Å². The zero-order valence-corrected chi connectivity index (χ0v) is 10.9. The van der Waals surface area contributed by atoms with Gasteiger partial charge in [-0.3, -0.25) is 0 Å². The Morgan fingerprint density at radius 3 is 2.59 bits per heavy atom. The van der Waals surface area contributed by atoms with Crippen LogP contribution in [0.25, 0.3) is 10.9 Å². The lowest BCUT2D eigenvalue weighted by Gasteiger charge is -2.13. The number of hydrogen-bond acceptors (Lipinski definition) is 1. The maximum absolute atomic E-state index is 6.00. The summed E-state index contributed by atoms with van der Waals surface area (Å²) in [5.74, 6) is 0. The SMILES string of the molecule is Cc1ccc2c(c1)c(C1(CN)CC1)c(C)n2C. The molecular formula is C15H20N2. The molecule has 0 saturated heterocycles. The second kappa shape index (κ2) is 3.36. The van der Waals surface area contributed by atoms with Gasteiger partial charge in [0.15, 0.2) is 0 Å². The minimum Gasteiger partial charge on any atom is -0.348 e. The van der Waals surface area contributed by atoms with Gasteiger partial charge in [0.25, 0.3) is 0 Å². The standard InChI is InChI=1S/C15H20N2/c1-10-4-5-13-12(8-10)14(11(2)17(13)3)15(9-16)6-7-15/h4-5,8H,6-7,9,16H2,1-3H3. The van der Waals surface area contributed by atoms with E-state index in [1.165, 1.54) is 40.6 Å². The van der Waals surface area contributed by atoms with Gasteiger partial charge < -0.3 is 10.3 Å². The fraction of sp³-hybridized carbons (Fsp3) is 0.467. The molecule has 1 aliphatic rings. The summed E-state index contributed by atoms with van der Waals surface area (Å²) in [6.07, 6.45) is 2.49. The van der Waals surface area contributed by atoms with Crippen LogP contribution in [0.3, 0.4) is 0 Å². The lowest BCUT2D eigenvalue weighted by atomic mass is 9.93. The third-order valence-electron chi connectivity index (χ3n) is 4.42. The average Bonchev–Trinajstić information content (AvgIpc) is 3.05. The van der Waals surface area contributed by atoms with Gasteiger partial charge >= 0.3 is 0 Å². The van der Waals surface area contributed by atoms with Gasteiger partial charge in [-0.1, -0.05) is 11.6 Å². The zero-order chi connectivity index (χ0) is 12.2. The normalized spacial score (nSPS) is 17.6. The number of hydrogen-bond donors (Lipinski definition) is 1. The fourth-order valence-corrected chi connectivity index (χ4v) is 3.06. The second-order valence-corrected chi connectivity index (χ2v) is 5.52. The molecule has 1 aliphatic carbocycles. The largest absolute Gasteiger partial charge is 0.348 e. The van der Waals surface area contributed by atoms with Crippen molar-refractivity contribution >= 4 is 10.9 Å². The van der Waals surface area contributed by atoms with Gasteiger partial charge in [-0.25, -0.2) is 0 Å². The Bertz CT molecular complexity index is 588. The van der Waals surface area contributed by atoms with Crippen LogP contribution in [0.4, 0.5) is 0 Å². The molecule has 1 saturated carbocycles. The van der Waals surface area contributed by atoms with Crippen LogP contribution < -0.4 is 5.73 Å². The van der Waals surface area contributed by atoms with Crippen molar-refractivity contribution in [1.82, 2.24) is 4.57 Å². The van der Waals surface area contributed by atoms with Crippen molar-refractivity contribution < 1.29 is 0 Å². The van der Waals surface area contributed by atoms with Crippen LogP contribution in [-0.2, 0) is 12.5 Å². The Morgan fingerprint density at radius 1 is 1.29 bits per heavy atom. The lowest BCUT2D eigenvalue weighted by Crippen LogP contribution is -2.20. The highest BCUT2D eigenvalue weighted by Gasteiger charge is 2.45. The molecule has 2 nitrogen and oxygen atoms in total. The quantitative estimate of drug-likeness (QED) is 0.842. The van der Waals surface area contributed by atoms with Crippen molar-refractivity contribution in [3.63, 3.8) is 0 Å². The van der Waals surface area contributed by atoms with Crippen molar-refractivity contribution in [2.75, 3.05) is 6.54 Å². The molecule has 2 aromatic rings. The predicted molar refractivity (Wildman–Crippen MR) is 72.4 cm³/mol. The van der Waals surface area contributed by atoms with Crippen molar-refractivity contribution in [3.05, 3.63) is 35.0 Å². The Morgan fingerprint density at radius 2 is 2.00 bits per heavy atom. The minimum absolute atomic E-state index is 0.275. The molecule has 1 fully saturated rings. The number of rotatable bonds is 2. The molecule has 0 bridgehead atoms. The Balaban J connectivity index is 2.37. The summed E-state index contributed by atoms with van der Waals surface area (Å²) < 4.78 is 2.31. The zero-order valence-electron chi connectivity index (χ0n) is 10.9. The van der Waals surface area contributed by atoms with E-state index in [2.05, 4.69) is 43.7 Å². The maximum Gasteiger partial charge on any atom is 0.0483 e. The third kappa shape index (κ3) is 1.37. The summed E-state index contributed by atoms with van der Waals surface area (Å²) in [5, 5.41) is 1.41. The van der Waals surface area contributed by atoms with E-state index in [0.29, 0.717) is 0 Å². The summed E-state index contributed by atoms with van der Waals surface area (Å²) in [7, 11) is 2.16. The second-order valence-electron chi connectivity index (χ2n) is 5.52. The van der Waals surface area contributed by atoms with Crippen LogP contribution >= 0.6 is 0 Å². The molecule has 0 unspecified atom stereocenters. The maximum atomic E-state index is 6.00. The summed E-state index contributed by atoms with van der Waals surface area (Å²) in [4.78, 5) is 0. The summed E-state index contributed by atoms with van der Waals surface area (Å²) in [5.41, 5.74) is 11.8. The van der Waals surface area contributed by atoms with Crippen LogP contribution in [0.2, 0.25) is 0 Å². The first-order valence-electron chi connectivity index (χ1n) is 6.35. The first-order chi connectivity index (χ1) is 8.09. The first-order valence-corrected chi connectivity index (χ1v) is 6.35. The van der Waals surface area contributed by atoms with Crippen LogP contribution in [0.1, 0.15) is 29.7 Å². The fourth-order valence-electron chi connectivity index (χ4n) is 3.06. The number of aromatic nitrogens is 1. The highest BCUT2D eigenvalue weighted by Crippen LogP contribution is 2.51. The van der Waals surface area contributed by atoms with Crippen molar-refractivity contribution in [2.24, 2.45) is 12.8 Å². The molecule has 3 rings (SSSR count). The van der Waals surface area contributed by atoms with Gasteiger partial charge in [0.05, 0.1) is 0 Å². The van der Waals surface area contributed by atoms with Gasteiger partial charge in [-0.2, -0.15) is 0 Å². The van der Waals surface area contributed by atoms with Crippen molar-refractivity contribution in [1.29, 1.82) is 0 Å². The van der Waals surface area contributed by atoms with Crippen LogP contribution in [0.15, 0.2) is 18.2 Å². The molecule has 2 N–H and O–H groups in total. The van der Waals surface area contributed by atoms with Crippen LogP contribution in [0.5, 0.6) is 0 Å². The number of nitrogens with two attached hydrogens (primary N) is 1. The molecule has 1 heterocycles. The third-order valence-corrected chi connectivity index (χ3v) is 4.42. The molecule has 17 heavy (non-hydrogen) atoms. The molecule has 0 radical (unpaired) electrons. The van der Waals surface area contributed by atoms with Gasteiger partial charge in [-0.15, -0.1) is 0 Å². The molecule has 0 spiro atoms. The van der Waals surface area contributed by atoms with E-state index >= 15 is 0 Å². The molecule has 0 atom stereocenters. The van der Waals surface area contributed by atoms with E-state index in [4.69, 9.17) is 5.73 Å². The molecule has 0 aliphatic heterocycles. The molecule has 0 amide bonds. The molecule has 1 aromatic heterocycles. The summed E-state index contributed by atoms with van der Waals surface area (Å²) in [6.45, 7) is 5.16. The molecule has 1 aromatic carbocycles. The van der Waals surface area contributed by atoms with E-state index in [9.17, 15) is 0 Å². The number of fused-ring (bicyclic) bond motifs is 1. The van der Waals surface area contributed by atoms with E-state index in [1.54, 1.807) is 0 Å². The topological polar surface area (TPSA) is 30.9 Å². The van der Waals surface area contributed by atoms with E-state index in [0.717, 1.165) is 6.54 Å². The smallest absolute Gasteiger partial charge is 0.0483 e. The molecular weight excluding hydrogens is 208 g/mol. The average molecular weight is 228 g/mol.